The number of aliphatic carboxylic acids is 1. The van der Waals surface area contributed by atoms with Crippen LogP contribution in [0, 0.1) is 5.82 Å². The van der Waals surface area contributed by atoms with Crippen molar-refractivity contribution in [3.05, 3.63) is 65.0 Å². The van der Waals surface area contributed by atoms with Gasteiger partial charge in [0.05, 0.1) is 13.2 Å². The number of rotatable bonds is 5. The van der Waals surface area contributed by atoms with Gasteiger partial charge in [-0.25, -0.2) is 4.39 Å². The Morgan fingerprint density at radius 1 is 1.13 bits per heavy atom. The summed E-state index contributed by atoms with van der Waals surface area (Å²) in [7, 11) is 0. The maximum absolute atomic E-state index is 14.3. The van der Waals surface area contributed by atoms with Crippen LogP contribution in [-0.4, -0.2) is 41.6 Å². The van der Waals surface area contributed by atoms with Gasteiger partial charge < -0.3 is 15.2 Å². The maximum atomic E-state index is 14.3. The van der Waals surface area contributed by atoms with Crippen molar-refractivity contribution in [1.82, 2.24) is 10.2 Å². The van der Waals surface area contributed by atoms with E-state index in [1.807, 2.05) is 23.1 Å². The molecule has 2 aromatic carbocycles. The van der Waals surface area contributed by atoms with Gasteiger partial charge in [0.1, 0.15) is 11.6 Å². The number of nitrogens with one attached hydrogen (secondary N) is 1. The summed E-state index contributed by atoms with van der Waals surface area (Å²) in [6.45, 7) is 1.98. The number of carboxylic acid groups (broad SMARTS) is 1. The fourth-order valence-corrected chi connectivity index (χ4v) is 3.65. The summed E-state index contributed by atoms with van der Waals surface area (Å²) in [5, 5.41) is 11.9. The van der Waals surface area contributed by atoms with E-state index >= 15 is 0 Å². The highest BCUT2D eigenvalue weighted by atomic mass is 19.1. The summed E-state index contributed by atoms with van der Waals surface area (Å²) >= 11 is 0. The molecule has 2 N–H and O–H groups in total. The van der Waals surface area contributed by atoms with Gasteiger partial charge in [-0.2, -0.15) is 0 Å². The fraction of sp³-hybridized carbons (Fsp3) is 0.417. The van der Waals surface area contributed by atoms with E-state index < -0.39 is 5.97 Å². The van der Waals surface area contributed by atoms with E-state index in [2.05, 4.69) is 5.32 Å². The van der Waals surface area contributed by atoms with Gasteiger partial charge in [-0.1, -0.05) is 30.3 Å². The smallest absolute Gasteiger partial charge is 0.303 e. The van der Waals surface area contributed by atoms with Crippen molar-refractivity contribution in [2.24, 2.45) is 0 Å². The van der Waals surface area contributed by atoms with Crippen molar-refractivity contribution in [3.8, 4) is 5.75 Å². The highest BCUT2D eigenvalue weighted by Gasteiger charge is 2.17. The molecule has 0 fully saturated rings. The van der Waals surface area contributed by atoms with E-state index in [1.165, 1.54) is 6.07 Å². The molecule has 0 saturated heterocycles. The number of carbonyl (C=O) groups is 2. The fourth-order valence-electron chi connectivity index (χ4n) is 3.65. The Bertz CT molecular complexity index is 903. The lowest BCUT2D eigenvalue weighted by Crippen LogP contribution is -2.37. The number of halogens is 1. The van der Waals surface area contributed by atoms with Crippen LogP contribution < -0.4 is 10.1 Å². The zero-order valence-corrected chi connectivity index (χ0v) is 17.6. The Kier molecular flexibility index (Phi) is 8.41. The lowest BCUT2D eigenvalue weighted by Gasteiger charge is -2.24. The van der Waals surface area contributed by atoms with E-state index in [0.29, 0.717) is 31.7 Å². The Labute approximate surface area is 182 Å². The molecule has 1 heterocycles. The predicted molar refractivity (Wildman–Crippen MR) is 115 cm³/mol. The Morgan fingerprint density at radius 3 is 2.77 bits per heavy atom. The van der Waals surface area contributed by atoms with Crippen LogP contribution in [0.4, 0.5) is 4.39 Å². The maximum Gasteiger partial charge on any atom is 0.303 e. The molecule has 0 atom stereocenters. The summed E-state index contributed by atoms with van der Waals surface area (Å²) in [4.78, 5) is 25.3. The summed E-state index contributed by atoms with van der Waals surface area (Å²) in [6.07, 6.45) is 3.17. The van der Waals surface area contributed by atoms with E-state index in [0.717, 1.165) is 36.1 Å². The molecular weight excluding hydrogens is 399 g/mol. The first kappa shape index (κ1) is 22.7. The highest BCUT2D eigenvalue weighted by molar-refractivity contribution is 5.78. The van der Waals surface area contributed by atoms with Crippen molar-refractivity contribution >= 4 is 11.9 Å². The van der Waals surface area contributed by atoms with Gasteiger partial charge in [-0.3, -0.25) is 14.5 Å². The minimum absolute atomic E-state index is 0.0426. The van der Waals surface area contributed by atoms with Crippen LogP contribution in [0.5, 0.6) is 5.75 Å². The van der Waals surface area contributed by atoms with Crippen LogP contribution in [0.25, 0.3) is 0 Å². The molecule has 31 heavy (non-hydrogen) atoms. The van der Waals surface area contributed by atoms with E-state index in [1.54, 1.807) is 18.2 Å². The zero-order valence-electron chi connectivity index (χ0n) is 17.6. The molecule has 1 aliphatic rings. The van der Waals surface area contributed by atoms with Gasteiger partial charge >= 0.3 is 5.97 Å². The second-order valence-electron chi connectivity index (χ2n) is 7.83. The minimum Gasteiger partial charge on any atom is -0.493 e. The number of hydrogen-bond donors (Lipinski definition) is 2. The number of amides is 1. The third-order valence-electron chi connectivity index (χ3n) is 5.27. The molecular formula is C24H29FN2O4. The predicted octanol–water partition coefficient (Wildman–Crippen LogP) is 3.52. The number of carboxylic acids is 1. The van der Waals surface area contributed by atoms with Crippen molar-refractivity contribution in [2.45, 2.75) is 45.2 Å². The largest absolute Gasteiger partial charge is 0.493 e. The number of nitrogens with zero attached hydrogens (tertiary/aromatic N) is 1. The molecule has 1 amide bonds. The molecule has 2 aromatic rings. The second kappa shape index (κ2) is 11.5. The van der Waals surface area contributed by atoms with Crippen molar-refractivity contribution in [3.63, 3.8) is 0 Å². The zero-order chi connectivity index (χ0) is 22.1. The molecule has 166 valence electrons. The SMILES string of the molecule is O=C(O)CCc1ccc2c(c1)CN(Cc1ccccc1F)CC(=O)NCCCCCO2. The topological polar surface area (TPSA) is 78.9 Å². The Hall–Kier alpha value is -2.93. The molecule has 7 heteroatoms. The number of hydrogen-bond acceptors (Lipinski definition) is 4. The van der Waals surface area contributed by atoms with E-state index in [9.17, 15) is 14.0 Å². The first-order chi connectivity index (χ1) is 15.0. The molecule has 6 nitrogen and oxygen atoms in total. The van der Waals surface area contributed by atoms with Gasteiger partial charge in [0.15, 0.2) is 0 Å². The standard InChI is InChI=1S/C24H29FN2O4/c25-21-7-3-2-6-19(21)15-27-16-20-14-18(9-11-24(29)30)8-10-22(20)31-13-5-1-4-12-26-23(28)17-27/h2-3,6-8,10,14H,1,4-5,9,11-13,15-17H2,(H,26,28)(H,29,30). The van der Waals surface area contributed by atoms with Crippen molar-refractivity contribution < 1.29 is 23.8 Å². The summed E-state index contributed by atoms with van der Waals surface area (Å²) in [5.41, 5.74) is 2.28. The molecule has 0 aliphatic carbocycles. The molecule has 0 saturated carbocycles. The number of ether oxygens (including phenoxy) is 1. The second-order valence-corrected chi connectivity index (χ2v) is 7.83. The highest BCUT2D eigenvalue weighted by Crippen LogP contribution is 2.24. The molecule has 0 radical (unpaired) electrons. The summed E-state index contributed by atoms with van der Waals surface area (Å²) < 4.78 is 20.3. The summed E-state index contributed by atoms with van der Waals surface area (Å²) in [5.74, 6) is -0.534. The van der Waals surface area contributed by atoms with E-state index in [4.69, 9.17) is 9.84 Å². The number of carbonyl (C=O) groups excluding carboxylic acids is 1. The van der Waals surface area contributed by atoms with Gasteiger partial charge in [0, 0.05) is 37.2 Å². The molecule has 3 rings (SSSR count). The molecule has 1 aliphatic heterocycles. The molecule has 0 bridgehead atoms. The summed E-state index contributed by atoms with van der Waals surface area (Å²) in [6, 6.07) is 12.2. The van der Waals surface area contributed by atoms with Crippen molar-refractivity contribution in [1.29, 1.82) is 0 Å². The van der Waals surface area contributed by atoms with Gasteiger partial charge in [0.2, 0.25) is 5.91 Å². The van der Waals surface area contributed by atoms with Crippen LogP contribution in [0.15, 0.2) is 42.5 Å². The average Bonchev–Trinajstić information content (AvgIpc) is 2.75. The number of benzene rings is 2. The van der Waals surface area contributed by atoms with Crippen LogP contribution in [0.1, 0.15) is 42.4 Å². The van der Waals surface area contributed by atoms with Gasteiger partial charge in [-0.05, 0) is 43.4 Å². The van der Waals surface area contributed by atoms with E-state index in [-0.39, 0.29) is 31.2 Å². The quantitative estimate of drug-likeness (QED) is 0.762. The minimum atomic E-state index is -0.849. The first-order valence-corrected chi connectivity index (χ1v) is 10.7. The number of fused-ring (bicyclic) bond motifs is 1. The third-order valence-corrected chi connectivity index (χ3v) is 5.27. The first-order valence-electron chi connectivity index (χ1n) is 10.7. The normalized spacial score (nSPS) is 16.1. The van der Waals surface area contributed by atoms with Gasteiger partial charge in [0.25, 0.3) is 0 Å². The monoisotopic (exact) mass is 428 g/mol. The lowest BCUT2D eigenvalue weighted by molar-refractivity contribution is -0.137. The van der Waals surface area contributed by atoms with Crippen LogP contribution in [0.3, 0.4) is 0 Å². The number of aryl methyl sites for hydroxylation is 1. The van der Waals surface area contributed by atoms with Gasteiger partial charge in [-0.15, -0.1) is 0 Å². The Morgan fingerprint density at radius 2 is 1.97 bits per heavy atom. The molecule has 0 spiro atoms. The van der Waals surface area contributed by atoms with Crippen LogP contribution >= 0.6 is 0 Å². The van der Waals surface area contributed by atoms with Crippen LogP contribution in [-0.2, 0) is 29.1 Å². The molecule has 0 aromatic heterocycles. The van der Waals surface area contributed by atoms with Crippen molar-refractivity contribution in [2.75, 3.05) is 19.7 Å². The average molecular weight is 429 g/mol. The lowest BCUT2D eigenvalue weighted by atomic mass is 10.0. The third kappa shape index (κ3) is 7.36. The Balaban J connectivity index is 1.87. The molecule has 0 unspecified atom stereocenters. The van der Waals surface area contributed by atoms with Crippen LogP contribution in [0.2, 0.25) is 0 Å².